The Labute approximate surface area is 167 Å². The number of halogens is 5. The zero-order chi connectivity index (χ0) is 21.5. The van der Waals surface area contributed by atoms with Crippen molar-refractivity contribution in [2.45, 2.75) is 12.6 Å². The Bertz CT molecular complexity index is 1230. The largest absolute Gasteiger partial charge is 0.449 e. The number of imidazole rings is 1. The molecule has 0 atom stereocenters. The fourth-order valence-electron chi connectivity index (χ4n) is 3.03. The Morgan fingerprint density at radius 2 is 1.73 bits per heavy atom. The standard InChI is InChI=1S/C20H14F5N5/c1-30-18-17(29-19(30)20(23,24)25)28-16(26-14-8-3-2-7-13(14)22)15(27-18)10-11-5-4-6-12(21)9-11/h2-9H,10H2,1H3,(H,26,28). The molecule has 1 N–H and O–H groups in total. The SMILES string of the molecule is Cn1c(C(F)(F)F)nc2nc(Nc3ccccc3F)c(Cc3cccc(F)c3)nc21. The maximum absolute atomic E-state index is 14.1. The number of benzene rings is 2. The van der Waals surface area contributed by atoms with E-state index in [1.54, 1.807) is 12.1 Å². The number of para-hydroxylation sites is 1. The first-order valence-corrected chi connectivity index (χ1v) is 8.79. The van der Waals surface area contributed by atoms with Crippen molar-refractivity contribution in [2.24, 2.45) is 7.05 Å². The Hall–Kier alpha value is -3.56. The highest BCUT2D eigenvalue weighted by atomic mass is 19.4. The van der Waals surface area contributed by atoms with Gasteiger partial charge in [0.1, 0.15) is 11.6 Å². The van der Waals surface area contributed by atoms with Gasteiger partial charge in [-0.15, -0.1) is 0 Å². The molecule has 0 bridgehead atoms. The van der Waals surface area contributed by atoms with Crippen LogP contribution in [0.2, 0.25) is 0 Å². The van der Waals surface area contributed by atoms with Crippen LogP contribution < -0.4 is 5.32 Å². The van der Waals surface area contributed by atoms with Crippen molar-refractivity contribution < 1.29 is 22.0 Å². The summed E-state index contributed by atoms with van der Waals surface area (Å²) < 4.78 is 68.2. The molecule has 0 fully saturated rings. The first kappa shape index (κ1) is 19.7. The third-order valence-electron chi connectivity index (χ3n) is 4.42. The van der Waals surface area contributed by atoms with Gasteiger partial charge < -0.3 is 9.88 Å². The summed E-state index contributed by atoms with van der Waals surface area (Å²) >= 11 is 0. The van der Waals surface area contributed by atoms with E-state index in [0.717, 1.165) is 4.57 Å². The van der Waals surface area contributed by atoms with Crippen LogP contribution in [0, 0.1) is 11.6 Å². The lowest BCUT2D eigenvalue weighted by atomic mass is 10.1. The van der Waals surface area contributed by atoms with E-state index in [1.807, 2.05) is 0 Å². The second-order valence-corrected chi connectivity index (χ2v) is 6.57. The number of nitrogens with one attached hydrogen (secondary N) is 1. The third-order valence-corrected chi connectivity index (χ3v) is 4.42. The van der Waals surface area contributed by atoms with Crippen molar-refractivity contribution >= 4 is 22.8 Å². The van der Waals surface area contributed by atoms with Crippen LogP contribution in [0.15, 0.2) is 48.5 Å². The summed E-state index contributed by atoms with van der Waals surface area (Å²) in [6.45, 7) is 0. The number of hydrogen-bond acceptors (Lipinski definition) is 4. The molecule has 0 saturated carbocycles. The van der Waals surface area contributed by atoms with Gasteiger partial charge in [0.15, 0.2) is 17.1 Å². The fraction of sp³-hybridized carbons (Fsp3) is 0.150. The molecule has 0 saturated heterocycles. The van der Waals surface area contributed by atoms with Gasteiger partial charge in [-0.05, 0) is 29.8 Å². The number of aromatic nitrogens is 4. The summed E-state index contributed by atoms with van der Waals surface area (Å²) in [7, 11) is 1.18. The topological polar surface area (TPSA) is 55.6 Å². The van der Waals surface area contributed by atoms with Crippen LogP contribution in [-0.4, -0.2) is 19.5 Å². The highest BCUT2D eigenvalue weighted by Gasteiger charge is 2.37. The second kappa shape index (κ2) is 7.36. The van der Waals surface area contributed by atoms with Crippen molar-refractivity contribution in [3.8, 4) is 0 Å². The van der Waals surface area contributed by atoms with Crippen molar-refractivity contribution in [3.05, 3.63) is 77.2 Å². The van der Waals surface area contributed by atoms with E-state index in [2.05, 4.69) is 20.3 Å². The van der Waals surface area contributed by atoms with E-state index in [4.69, 9.17) is 0 Å². The maximum atomic E-state index is 14.1. The molecule has 154 valence electrons. The first-order valence-electron chi connectivity index (χ1n) is 8.79. The number of alkyl halides is 3. The Kier molecular flexibility index (Phi) is 4.84. The maximum Gasteiger partial charge on any atom is 0.449 e. The molecule has 2 aromatic carbocycles. The van der Waals surface area contributed by atoms with Crippen LogP contribution in [0.3, 0.4) is 0 Å². The van der Waals surface area contributed by atoms with Crippen molar-refractivity contribution in [3.63, 3.8) is 0 Å². The third kappa shape index (κ3) is 3.80. The minimum absolute atomic E-state index is 0.0312. The molecule has 2 aromatic heterocycles. The number of anilines is 2. The van der Waals surface area contributed by atoms with E-state index in [0.29, 0.717) is 5.56 Å². The molecule has 0 aliphatic rings. The van der Waals surface area contributed by atoms with Crippen LogP contribution in [0.4, 0.5) is 33.5 Å². The van der Waals surface area contributed by atoms with Gasteiger partial charge in [-0.1, -0.05) is 24.3 Å². The summed E-state index contributed by atoms with van der Waals surface area (Å²) in [6, 6.07) is 11.5. The lowest BCUT2D eigenvalue weighted by Gasteiger charge is -2.12. The molecule has 2 heterocycles. The summed E-state index contributed by atoms with van der Waals surface area (Å²) in [6.07, 6.45) is -4.64. The van der Waals surface area contributed by atoms with Gasteiger partial charge in [-0.25, -0.2) is 23.7 Å². The number of nitrogens with zero attached hydrogens (tertiary/aromatic N) is 4. The molecule has 0 unspecified atom stereocenters. The molecule has 0 spiro atoms. The molecule has 0 aliphatic carbocycles. The van der Waals surface area contributed by atoms with Gasteiger partial charge in [0, 0.05) is 13.5 Å². The molecular weight excluding hydrogens is 405 g/mol. The number of fused-ring (bicyclic) bond motifs is 1. The van der Waals surface area contributed by atoms with Crippen molar-refractivity contribution in [1.29, 1.82) is 0 Å². The predicted molar refractivity (Wildman–Crippen MR) is 100 cm³/mol. The Balaban J connectivity index is 1.86. The molecule has 0 aliphatic heterocycles. The number of hydrogen-bond donors (Lipinski definition) is 1. The van der Waals surface area contributed by atoms with E-state index in [9.17, 15) is 22.0 Å². The van der Waals surface area contributed by atoms with Crippen LogP contribution in [0.25, 0.3) is 11.3 Å². The Morgan fingerprint density at radius 1 is 0.967 bits per heavy atom. The summed E-state index contributed by atoms with van der Waals surface area (Å²) in [5, 5.41) is 2.76. The van der Waals surface area contributed by atoms with Crippen LogP contribution in [0.1, 0.15) is 17.1 Å². The van der Waals surface area contributed by atoms with E-state index < -0.39 is 23.6 Å². The molecule has 4 rings (SSSR count). The average molecular weight is 419 g/mol. The fourth-order valence-corrected chi connectivity index (χ4v) is 3.03. The average Bonchev–Trinajstić information content (AvgIpc) is 3.00. The minimum atomic E-state index is -4.70. The van der Waals surface area contributed by atoms with Crippen LogP contribution >= 0.6 is 0 Å². The second-order valence-electron chi connectivity index (χ2n) is 6.57. The number of aryl methyl sites for hydroxylation is 1. The van der Waals surface area contributed by atoms with Gasteiger partial charge >= 0.3 is 6.18 Å². The zero-order valence-corrected chi connectivity index (χ0v) is 15.5. The van der Waals surface area contributed by atoms with Crippen LogP contribution in [0.5, 0.6) is 0 Å². The van der Waals surface area contributed by atoms with Crippen molar-refractivity contribution in [2.75, 3.05) is 5.32 Å². The smallest absolute Gasteiger partial charge is 0.336 e. The Morgan fingerprint density at radius 3 is 2.43 bits per heavy atom. The monoisotopic (exact) mass is 419 g/mol. The minimum Gasteiger partial charge on any atom is -0.336 e. The quantitative estimate of drug-likeness (QED) is 0.474. The van der Waals surface area contributed by atoms with Gasteiger partial charge in [0.05, 0.1) is 11.4 Å². The van der Waals surface area contributed by atoms with Gasteiger partial charge in [-0.3, -0.25) is 0 Å². The summed E-state index contributed by atoms with van der Waals surface area (Å²) in [5.74, 6) is -2.17. The van der Waals surface area contributed by atoms with Crippen LogP contribution in [-0.2, 0) is 19.6 Å². The summed E-state index contributed by atoms with van der Waals surface area (Å²) in [5.41, 5.74) is 0.476. The first-order chi connectivity index (χ1) is 14.2. The van der Waals surface area contributed by atoms with Gasteiger partial charge in [0.25, 0.3) is 0 Å². The highest BCUT2D eigenvalue weighted by Crippen LogP contribution is 2.31. The van der Waals surface area contributed by atoms with Crippen molar-refractivity contribution in [1.82, 2.24) is 19.5 Å². The summed E-state index contributed by atoms with van der Waals surface area (Å²) in [4.78, 5) is 12.0. The lowest BCUT2D eigenvalue weighted by Crippen LogP contribution is -2.12. The normalized spacial score (nSPS) is 11.8. The number of rotatable bonds is 4. The molecule has 5 nitrogen and oxygen atoms in total. The molecule has 30 heavy (non-hydrogen) atoms. The highest BCUT2D eigenvalue weighted by molar-refractivity contribution is 5.72. The van der Waals surface area contributed by atoms with E-state index in [-0.39, 0.29) is 34.9 Å². The molecule has 4 aromatic rings. The lowest BCUT2D eigenvalue weighted by molar-refractivity contribution is -0.146. The van der Waals surface area contributed by atoms with E-state index in [1.165, 1.54) is 43.4 Å². The molecular formula is C20H14F5N5. The zero-order valence-electron chi connectivity index (χ0n) is 15.5. The molecule has 0 radical (unpaired) electrons. The molecule has 0 amide bonds. The predicted octanol–water partition coefficient (Wildman–Crippen LogP) is 4.99. The van der Waals surface area contributed by atoms with Gasteiger partial charge in [0.2, 0.25) is 5.82 Å². The van der Waals surface area contributed by atoms with Gasteiger partial charge in [-0.2, -0.15) is 13.2 Å². The van der Waals surface area contributed by atoms with E-state index >= 15 is 0 Å². The molecule has 10 heteroatoms.